The fourth-order valence-corrected chi connectivity index (χ4v) is 11.3. The number of allylic oxidation sites excluding steroid dienone is 4. The lowest BCUT2D eigenvalue weighted by Crippen LogP contribution is -2.16. The molecule has 1 aliphatic rings. The summed E-state index contributed by atoms with van der Waals surface area (Å²) in [5.41, 5.74) is 17.8. The van der Waals surface area contributed by atoms with Crippen LogP contribution in [0, 0.1) is 5.92 Å². The molecule has 2 atom stereocenters. The highest BCUT2D eigenvalue weighted by Crippen LogP contribution is 2.41. The molecule has 6 heterocycles. The first-order valence-corrected chi connectivity index (χ1v) is 26.8. The third-order valence-corrected chi connectivity index (χ3v) is 15.2. The van der Waals surface area contributed by atoms with E-state index >= 15 is 0 Å². The van der Waals surface area contributed by atoms with Gasteiger partial charge in [0.2, 0.25) is 0 Å². The molecular formula is C71H52N6O2. The third kappa shape index (κ3) is 9.19. The van der Waals surface area contributed by atoms with Crippen molar-refractivity contribution in [3.8, 4) is 62.2 Å². The Bertz CT molecular complexity index is 4340. The van der Waals surface area contributed by atoms with Crippen molar-refractivity contribution >= 4 is 49.2 Å². The van der Waals surface area contributed by atoms with Gasteiger partial charge in [-0.1, -0.05) is 159 Å². The zero-order valence-corrected chi connectivity index (χ0v) is 43.4. The molecule has 0 aliphatic heterocycles. The van der Waals surface area contributed by atoms with Crippen LogP contribution in [0.4, 0.5) is 0 Å². The van der Waals surface area contributed by atoms with Gasteiger partial charge in [-0.3, -0.25) is 9.97 Å². The Kier molecular flexibility index (Phi) is 12.2. The molecule has 0 bridgehead atoms. The Labute approximate surface area is 457 Å². The number of rotatable bonds is 13. The predicted octanol–water partition coefficient (Wildman–Crippen LogP) is 17.1. The number of ether oxygens (including phenoxy) is 2. The SMILES string of the molecule is CC1C=CC(c2cccc(-n3c4ccncc4c4cc(OCc5cc(-c6ccccc6)nc(-c6ccccc6)c5)ccc43)c2)=CC1n1c2ccncc2c2cc(OCc3cc(-c4ccccc4)nc(-c4ccccc4)c3)ccc21. The maximum absolute atomic E-state index is 6.65. The van der Waals surface area contributed by atoms with Gasteiger partial charge in [0.1, 0.15) is 24.7 Å². The van der Waals surface area contributed by atoms with Gasteiger partial charge in [-0.05, 0) is 113 Å². The molecule has 0 saturated carbocycles. The number of pyridine rings is 4. The van der Waals surface area contributed by atoms with Gasteiger partial charge in [0.05, 0.1) is 50.9 Å². The second kappa shape index (κ2) is 20.4. The molecule has 0 radical (unpaired) electrons. The van der Waals surface area contributed by atoms with Gasteiger partial charge in [0.25, 0.3) is 0 Å². The highest BCUT2D eigenvalue weighted by Gasteiger charge is 2.25. The molecule has 378 valence electrons. The van der Waals surface area contributed by atoms with Gasteiger partial charge in [0.15, 0.2) is 0 Å². The number of hydrogen-bond acceptors (Lipinski definition) is 6. The Morgan fingerprint density at radius 2 is 0.861 bits per heavy atom. The van der Waals surface area contributed by atoms with Crippen LogP contribution in [0.25, 0.3) is 99.9 Å². The number of nitrogens with zero attached hydrogens (tertiary/aromatic N) is 6. The summed E-state index contributed by atoms with van der Waals surface area (Å²) >= 11 is 0. The van der Waals surface area contributed by atoms with E-state index in [2.05, 4.69) is 190 Å². The Balaban J connectivity index is 0.761. The van der Waals surface area contributed by atoms with Crippen LogP contribution in [-0.4, -0.2) is 29.1 Å². The molecule has 6 aromatic heterocycles. The average Bonchev–Trinajstić information content (AvgIpc) is 4.27. The van der Waals surface area contributed by atoms with Crippen LogP contribution in [0.5, 0.6) is 11.5 Å². The number of hydrogen-bond donors (Lipinski definition) is 0. The summed E-state index contributed by atoms with van der Waals surface area (Å²) in [6.45, 7) is 3.07. The lowest BCUT2D eigenvalue weighted by molar-refractivity contribution is 0.306. The second-order valence-electron chi connectivity index (χ2n) is 20.3. The van der Waals surface area contributed by atoms with E-state index in [9.17, 15) is 0 Å². The monoisotopic (exact) mass is 1020 g/mol. The van der Waals surface area contributed by atoms with Crippen molar-refractivity contribution in [2.24, 2.45) is 5.92 Å². The number of fused-ring (bicyclic) bond motifs is 6. The molecule has 0 amide bonds. The summed E-state index contributed by atoms with van der Waals surface area (Å²) in [5.74, 6) is 1.80. The minimum absolute atomic E-state index is 0.0298. The minimum Gasteiger partial charge on any atom is -0.489 e. The fraction of sp³-hybridized carbons (Fsp3) is 0.0704. The van der Waals surface area contributed by atoms with Crippen molar-refractivity contribution in [3.63, 3.8) is 0 Å². The molecule has 79 heavy (non-hydrogen) atoms. The van der Waals surface area contributed by atoms with E-state index in [-0.39, 0.29) is 12.0 Å². The first-order valence-electron chi connectivity index (χ1n) is 26.8. The molecule has 8 heteroatoms. The van der Waals surface area contributed by atoms with Crippen molar-refractivity contribution in [1.82, 2.24) is 29.1 Å². The van der Waals surface area contributed by atoms with E-state index in [0.717, 1.165) is 128 Å². The average molecular weight is 1020 g/mol. The van der Waals surface area contributed by atoms with Gasteiger partial charge >= 0.3 is 0 Å². The van der Waals surface area contributed by atoms with Crippen LogP contribution in [0.2, 0.25) is 0 Å². The Morgan fingerprint density at radius 1 is 0.418 bits per heavy atom. The van der Waals surface area contributed by atoms with E-state index < -0.39 is 0 Å². The number of benzene rings is 7. The van der Waals surface area contributed by atoms with Crippen molar-refractivity contribution in [2.45, 2.75) is 26.2 Å². The smallest absolute Gasteiger partial charge is 0.120 e. The standard InChI is InChI=1S/C71H52N6O2/c1-47-25-26-55(40-71(47)77-68-30-28-58(42-60(68)62-44-73-34-32-70(62)77)79-46-49-37-65(52-19-10-4-11-20-52)75-66(38-49)53-21-12-5-13-22-53)54-23-14-24-56(39-54)76-67-29-27-57(41-59(67)61-43-72-33-31-69(61)76)78-45-48-35-63(50-15-6-2-7-16-50)74-64(36-48)51-17-8-3-9-18-51/h2-44,47,71H,45-46H2,1H3. The van der Waals surface area contributed by atoms with E-state index in [1.165, 1.54) is 0 Å². The van der Waals surface area contributed by atoms with Crippen LogP contribution in [0.15, 0.2) is 261 Å². The van der Waals surface area contributed by atoms with Gasteiger partial charge in [-0.25, -0.2) is 9.97 Å². The van der Waals surface area contributed by atoms with Crippen LogP contribution in [0.1, 0.15) is 29.7 Å². The molecule has 13 aromatic rings. The molecule has 0 spiro atoms. The van der Waals surface area contributed by atoms with Gasteiger partial charge < -0.3 is 18.6 Å². The Morgan fingerprint density at radius 3 is 1.39 bits per heavy atom. The van der Waals surface area contributed by atoms with Gasteiger partial charge in [-0.2, -0.15) is 0 Å². The summed E-state index contributed by atoms with van der Waals surface area (Å²) in [5, 5.41) is 4.32. The Hall–Kier alpha value is -10.2. The molecule has 7 aromatic carbocycles. The fourth-order valence-electron chi connectivity index (χ4n) is 11.3. The molecular weight excluding hydrogens is 969 g/mol. The maximum atomic E-state index is 6.65. The van der Waals surface area contributed by atoms with Crippen molar-refractivity contribution in [1.29, 1.82) is 0 Å². The van der Waals surface area contributed by atoms with E-state index in [1.54, 1.807) is 0 Å². The largest absolute Gasteiger partial charge is 0.489 e. The predicted molar refractivity (Wildman–Crippen MR) is 320 cm³/mol. The zero-order valence-electron chi connectivity index (χ0n) is 43.4. The van der Waals surface area contributed by atoms with Crippen molar-refractivity contribution in [3.05, 3.63) is 278 Å². The number of aromatic nitrogens is 6. The van der Waals surface area contributed by atoms with E-state index in [0.29, 0.717) is 13.2 Å². The normalized spacial score (nSPS) is 14.3. The van der Waals surface area contributed by atoms with Crippen molar-refractivity contribution < 1.29 is 9.47 Å². The van der Waals surface area contributed by atoms with Crippen LogP contribution < -0.4 is 9.47 Å². The summed E-state index contributed by atoms with van der Waals surface area (Å²) < 4.78 is 18.1. The molecule has 0 fully saturated rings. The summed E-state index contributed by atoms with van der Waals surface area (Å²) in [6, 6.07) is 75.8. The van der Waals surface area contributed by atoms with Crippen LogP contribution in [0.3, 0.4) is 0 Å². The van der Waals surface area contributed by atoms with Crippen LogP contribution in [-0.2, 0) is 13.2 Å². The molecule has 0 N–H and O–H groups in total. The minimum atomic E-state index is 0.0298. The summed E-state index contributed by atoms with van der Waals surface area (Å²) in [4.78, 5) is 19.4. The van der Waals surface area contributed by atoms with Crippen LogP contribution >= 0.6 is 0 Å². The highest BCUT2D eigenvalue weighted by atomic mass is 16.5. The highest BCUT2D eigenvalue weighted by molar-refractivity contribution is 6.10. The first-order chi connectivity index (χ1) is 39.0. The second-order valence-corrected chi connectivity index (χ2v) is 20.3. The molecule has 0 saturated heterocycles. The zero-order chi connectivity index (χ0) is 52.7. The summed E-state index contributed by atoms with van der Waals surface area (Å²) in [7, 11) is 0. The van der Waals surface area contributed by atoms with Gasteiger partial charge in [-0.15, -0.1) is 0 Å². The van der Waals surface area contributed by atoms with Gasteiger partial charge in [0, 0.05) is 74.3 Å². The lowest BCUT2D eigenvalue weighted by atomic mass is 9.89. The van der Waals surface area contributed by atoms with E-state index in [1.807, 2.05) is 97.6 Å². The first kappa shape index (κ1) is 47.3. The molecule has 8 nitrogen and oxygen atoms in total. The quantitative estimate of drug-likeness (QED) is 0.114. The molecule has 1 aliphatic carbocycles. The van der Waals surface area contributed by atoms with Crippen molar-refractivity contribution in [2.75, 3.05) is 0 Å². The maximum Gasteiger partial charge on any atom is 0.120 e. The molecule has 14 rings (SSSR count). The summed E-state index contributed by atoms with van der Waals surface area (Å²) in [6.07, 6.45) is 14.8. The topological polar surface area (TPSA) is 79.9 Å². The third-order valence-electron chi connectivity index (χ3n) is 15.2. The van der Waals surface area contributed by atoms with E-state index in [4.69, 9.17) is 19.4 Å². The molecule has 2 unspecified atom stereocenters. The lowest BCUT2D eigenvalue weighted by Gasteiger charge is -2.27.